The number of oxazole rings is 1. The number of hydrogen-bond donors (Lipinski definition) is 3. The number of halogens is 2. The summed E-state index contributed by atoms with van der Waals surface area (Å²) in [6, 6.07) is 13.6. The summed E-state index contributed by atoms with van der Waals surface area (Å²) in [6.45, 7) is 1.30. The first kappa shape index (κ1) is 25.3. The third kappa shape index (κ3) is 7.33. The number of guanidine groups is 1. The Hall–Kier alpha value is -2.95. The second-order valence-corrected chi connectivity index (χ2v) is 6.86. The maximum Gasteiger partial charge on any atom is 0.251 e. The lowest BCUT2D eigenvalue weighted by atomic mass is 10.1. The molecule has 2 aromatic carbocycles. The van der Waals surface area contributed by atoms with Crippen LogP contribution in [0.1, 0.15) is 21.6 Å². The Morgan fingerprint density at radius 1 is 1.09 bits per heavy atom. The molecule has 0 unspecified atom stereocenters. The Balaban J connectivity index is 0.00000363. The van der Waals surface area contributed by atoms with E-state index in [1.807, 2.05) is 18.2 Å². The monoisotopic (exact) mass is 551 g/mol. The fraction of sp³-hybridized carbons (Fsp3) is 0.261. The number of nitrogens with one attached hydrogen (secondary N) is 3. The Bertz CT molecular complexity index is 1040. The van der Waals surface area contributed by atoms with Crippen molar-refractivity contribution in [3.63, 3.8) is 0 Å². The van der Waals surface area contributed by atoms with Gasteiger partial charge in [-0.25, -0.2) is 9.37 Å². The predicted octanol–water partition coefficient (Wildman–Crippen LogP) is 3.41. The summed E-state index contributed by atoms with van der Waals surface area (Å²) in [7, 11) is 3.33. The molecule has 0 atom stereocenters. The molecule has 9 heteroatoms. The largest absolute Gasteiger partial charge is 0.444 e. The second-order valence-electron chi connectivity index (χ2n) is 6.86. The van der Waals surface area contributed by atoms with Crippen molar-refractivity contribution in [1.29, 1.82) is 0 Å². The van der Waals surface area contributed by atoms with Crippen LogP contribution in [0.5, 0.6) is 0 Å². The minimum Gasteiger partial charge on any atom is -0.444 e. The summed E-state index contributed by atoms with van der Waals surface area (Å²) in [5.41, 5.74) is 3.25. The van der Waals surface area contributed by atoms with E-state index < -0.39 is 0 Å². The Morgan fingerprint density at radius 2 is 1.81 bits per heavy atom. The predicted molar refractivity (Wildman–Crippen MR) is 134 cm³/mol. The molecule has 1 heterocycles. The molecule has 170 valence electrons. The minimum absolute atomic E-state index is 0. The fourth-order valence-electron chi connectivity index (χ4n) is 3.01. The Labute approximate surface area is 203 Å². The number of amides is 1. The first-order valence-corrected chi connectivity index (χ1v) is 10.0. The molecule has 3 N–H and O–H groups in total. The van der Waals surface area contributed by atoms with Crippen molar-refractivity contribution in [2.75, 3.05) is 27.2 Å². The molecule has 0 aliphatic heterocycles. The van der Waals surface area contributed by atoms with E-state index in [0.717, 1.165) is 23.2 Å². The molecule has 0 radical (unpaired) electrons. The molecule has 0 aliphatic carbocycles. The lowest BCUT2D eigenvalue weighted by molar-refractivity contribution is 0.0963. The van der Waals surface area contributed by atoms with Gasteiger partial charge >= 0.3 is 0 Å². The zero-order chi connectivity index (χ0) is 22.1. The number of aromatic nitrogens is 1. The third-order valence-electron chi connectivity index (χ3n) is 4.66. The highest BCUT2D eigenvalue weighted by atomic mass is 127. The molecule has 0 saturated heterocycles. The number of nitrogens with zero attached hydrogens (tertiary/aromatic N) is 2. The van der Waals surface area contributed by atoms with Gasteiger partial charge < -0.3 is 20.4 Å². The van der Waals surface area contributed by atoms with Crippen LogP contribution in [0, 0.1) is 5.82 Å². The van der Waals surface area contributed by atoms with Crippen LogP contribution in [-0.4, -0.2) is 44.0 Å². The molecule has 0 fully saturated rings. The molecule has 0 saturated carbocycles. The van der Waals surface area contributed by atoms with E-state index in [-0.39, 0.29) is 35.7 Å². The van der Waals surface area contributed by atoms with Crippen LogP contribution in [-0.2, 0) is 12.8 Å². The molecule has 1 amide bonds. The van der Waals surface area contributed by atoms with Gasteiger partial charge in [-0.2, -0.15) is 0 Å². The number of benzene rings is 2. The summed E-state index contributed by atoms with van der Waals surface area (Å²) in [4.78, 5) is 20.4. The minimum atomic E-state index is -0.294. The molecule has 7 nitrogen and oxygen atoms in total. The Morgan fingerprint density at radius 3 is 2.50 bits per heavy atom. The lowest BCUT2D eigenvalue weighted by Gasteiger charge is -2.11. The maximum atomic E-state index is 13.0. The quantitative estimate of drug-likeness (QED) is 0.227. The number of aliphatic imine (C=N–C) groups is 1. The first-order valence-electron chi connectivity index (χ1n) is 10.0. The highest BCUT2D eigenvalue weighted by Gasteiger charge is 2.08. The van der Waals surface area contributed by atoms with Gasteiger partial charge in [0.1, 0.15) is 12.1 Å². The van der Waals surface area contributed by atoms with Gasteiger partial charge in [0, 0.05) is 44.7 Å². The van der Waals surface area contributed by atoms with E-state index >= 15 is 0 Å². The van der Waals surface area contributed by atoms with Gasteiger partial charge in [-0.15, -0.1) is 24.0 Å². The summed E-state index contributed by atoms with van der Waals surface area (Å²) in [5, 5.41) is 9.14. The molecule has 0 spiro atoms. The van der Waals surface area contributed by atoms with Crippen LogP contribution in [0.3, 0.4) is 0 Å². The van der Waals surface area contributed by atoms with E-state index in [0.29, 0.717) is 36.9 Å². The van der Waals surface area contributed by atoms with Gasteiger partial charge in [0.15, 0.2) is 5.96 Å². The average molecular weight is 551 g/mol. The average Bonchev–Trinajstić information content (AvgIpc) is 3.27. The molecular formula is C23H27FIN5O2. The molecule has 32 heavy (non-hydrogen) atoms. The van der Waals surface area contributed by atoms with Crippen LogP contribution in [0.4, 0.5) is 4.39 Å². The van der Waals surface area contributed by atoms with Crippen molar-refractivity contribution in [3.8, 4) is 11.5 Å². The van der Waals surface area contributed by atoms with Gasteiger partial charge in [-0.05, 0) is 48.4 Å². The lowest BCUT2D eigenvalue weighted by Crippen LogP contribution is -2.39. The van der Waals surface area contributed by atoms with Crippen LogP contribution in [0.2, 0.25) is 0 Å². The fourth-order valence-corrected chi connectivity index (χ4v) is 3.01. The zero-order valence-corrected chi connectivity index (χ0v) is 20.4. The highest BCUT2D eigenvalue weighted by molar-refractivity contribution is 14.0. The third-order valence-corrected chi connectivity index (χ3v) is 4.66. The van der Waals surface area contributed by atoms with E-state index in [2.05, 4.69) is 25.9 Å². The van der Waals surface area contributed by atoms with Crippen molar-refractivity contribution in [2.45, 2.75) is 12.8 Å². The van der Waals surface area contributed by atoms with Gasteiger partial charge in [0.2, 0.25) is 5.89 Å². The van der Waals surface area contributed by atoms with E-state index in [1.54, 1.807) is 38.6 Å². The topological polar surface area (TPSA) is 91.5 Å². The molecular weight excluding hydrogens is 524 g/mol. The van der Waals surface area contributed by atoms with E-state index in [9.17, 15) is 9.18 Å². The van der Waals surface area contributed by atoms with Crippen LogP contribution in [0.15, 0.2) is 64.2 Å². The number of carbonyl (C=O) groups excluding carboxylic acids is 1. The van der Waals surface area contributed by atoms with Gasteiger partial charge in [0.25, 0.3) is 5.91 Å². The smallest absolute Gasteiger partial charge is 0.251 e. The Kier molecular flexibility index (Phi) is 10.1. The van der Waals surface area contributed by atoms with Crippen molar-refractivity contribution >= 4 is 35.8 Å². The normalized spacial score (nSPS) is 10.9. The molecule has 1 aromatic heterocycles. The number of rotatable bonds is 8. The van der Waals surface area contributed by atoms with Crippen molar-refractivity contribution < 1.29 is 13.6 Å². The summed E-state index contributed by atoms with van der Waals surface area (Å²) >= 11 is 0. The van der Waals surface area contributed by atoms with Gasteiger partial charge in [-0.3, -0.25) is 9.79 Å². The summed E-state index contributed by atoms with van der Waals surface area (Å²) in [5.74, 6) is 0.765. The molecule has 0 aliphatic rings. The maximum absolute atomic E-state index is 13.0. The van der Waals surface area contributed by atoms with Crippen LogP contribution >= 0.6 is 24.0 Å². The summed E-state index contributed by atoms with van der Waals surface area (Å²) < 4.78 is 18.5. The number of hydrogen-bond acceptors (Lipinski definition) is 4. The molecule has 0 bridgehead atoms. The van der Waals surface area contributed by atoms with E-state index in [1.165, 1.54) is 12.1 Å². The molecule has 3 aromatic rings. The highest BCUT2D eigenvalue weighted by Crippen LogP contribution is 2.19. The first-order chi connectivity index (χ1) is 15.1. The van der Waals surface area contributed by atoms with Crippen molar-refractivity contribution in [2.24, 2.45) is 4.99 Å². The second kappa shape index (κ2) is 12.8. The van der Waals surface area contributed by atoms with Crippen LogP contribution < -0.4 is 16.0 Å². The van der Waals surface area contributed by atoms with Crippen LogP contribution in [0.25, 0.3) is 11.5 Å². The summed E-state index contributed by atoms with van der Waals surface area (Å²) in [6.07, 6.45) is 3.02. The van der Waals surface area contributed by atoms with E-state index in [4.69, 9.17) is 4.42 Å². The number of carbonyl (C=O) groups is 1. The SMILES string of the molecule is CN=C(NCCc1cccc(C(=O)NC)c1)NCCc1coc(-c2ccc(F)cc2)n1.I. The molecule has 3 rings (SSSR count). The van der Waals surface area contributed by atoms with Crippen molar-refractivity contribution in [1.82, 2.24) is 20.9 Å². The van der Waals surface area contributed by atoms with Gasteiger partial charge in [-0.1, -0.05) is 12.1 Å². The van der Waals surface area contributed by atoms with Crippen molar-refractivity contribution in [3.05, 3.63) is 77.4 Å². The zero-order valence-electron chi connectivity index (χ0n) is 18.0. The standard InChI is InChI=1S/C23H26FN5O2.HI/c1-25-21(30)18-5-3-4-16(14-18)10-12-27-23(26-2)28-13-11-20-15-31-22(29-20)17-6-8-19(24)9-7-17;/h3-9,14-15H,10-13H2,1-2H3,(H,25,30)(H2,26,27,28);1H. The van der Waals surface area contributed by atoms with Gasteiger partial charge in [0.05, 0.1) is 5.69 Å².